The average molecular weight is 234 g/mol. The van der Waals surface area contributed by atoms with Crippen molar-refractivity contribution >= 4 is 14.2 Å². The van der Waals surface area contributed by atoms with Crippen molar-refractivity contribution in [2.45, 2.75) is 5.21 Å². The van der Waals surface area contributed by atoms with E-state index in [0.717, 1.165) is 0 Å². The Morgan fingerprint density at radius 2 is 1.92 bits per heavy atom. The van der Waals surface area contributed by atoms with Gasteiger partial charge in [-0.3, -0.25) is 0 Å². The maximum atomic E-state index is 12.8. The Morgan fingerprint density at radius 1 is 1.33 bits per heavy atom. The minimum atomic E-state index is -4.73. The monoisotopic (exact) mass is 234 g/mol. The van der Waals surface area contributed by atoms with Crippen LogP contribution < -0.4 is 0 Å². The van der Waals surface area contributed by atoms with Gasteiger partial charge in [0.05, 0.1) is 0 Å². The number of halogens is 1. The fourth-order valence-corrected chi connectivity index (χ4v) is 2.32. The van der Waals surface area contributed by atoms with Gasteiger partial charge in [0.1, 0.15) is 0 Å². The van der Waals surface area contributed by atoms with Gasteiger partial charge in [-0.25, -0.2) is 0 Å². The molecule has 0 saturated heterocycles. The predicted octanol–water partition coefficient (Wildman–Crippen LogP) is 0.261. The van der Waals surface area contributed by atoms with E-state index in [1.807, 2.05) is 0 Å². The Balaban J connectivity index is 2.90. The fourth-order valence-electron chi connectivity index (χ4n) is 0.849. The predicted molar refractivity (Wildman–Crippen MR) is 41.0 cm³/mol. The molecule has 1 rings (SSSR count). The van der Waals surface area contributed by atoms with E-state index in [0.29, 0.717) is 0 Å². The molecule has 2 N–H and O–H groups in total. The topological polar surface area (TPSA) is 57.5 Å². The van der Waals surface area contributed by atoms with Gasteiger partial charge in [0, 0.05) is 0 Å². The molecule has 0 heterocycles. The van der Waals surface area contributed by atoms with E-state index >= 15 is 0 Å². The van der Waals surface area contributed by atoms with Crippen LogP contribution in [0.4, 0.5) is 4.39 Å². The Kier molecular flexibility index (Phi) is 2.72. The van der Waals surface area contributed by atoms with Gasteiger partial charge in [-0.05, 0) is 0 Å². The van der Waals surface area contributed by atoms with Crippen molar-refractivity contribution in [3.63, 3.8) is 0 Å². The molecule has 3 nitrogen and oxygen atoms in total. The Bertz CT molecular complexity index is 320. The van der Waals surface area contributed by atoms with E-state index < -0.39 is 25.2 Å². The van der Waals surface area contributed by atoms with Crippen LogP contribution >= 0.6 is 0 Å². The Morgan fingerprint density at radius 3 is 2.42 bits per heavy atom. The summed E-state index contributed by atoms with van der Waals surface area (Å²) in [5.41, 5.74) is 0.0741. The van der Waals surface area contributed by atoms with Gasteiger partial charge in [-0.1, -0.05) is 0 Å². The number of rotatable bonds is 2. The molecule has 5 heteroatoms. The summed E-state index contributed by atoms with van der Waals surface area (Å²) in [6.07, 6.45) is 0. The molecule has 0 bridgehead atoms. The second-order valence-corrected chi connectivity index (χ2v) is 5.87. The minimum absolute atomic E-state index is 0.0741. The summed E-state index contributed by atoms with van der Waals surface area (Å²) in [5.74, 6) is -0.567. The molecule has 0 amide bonds. The van der Waals surface area contributed by atoms with Crippen molar-refractivity contribution in [3.8, 4) is 0 Å². The number of benzene rings is 1. The van der Waals surface area contributed by atoms with Gasteiger partial charge in [0.2, 0.25) is 0 Å². The molecule has 0 fully saturated rings. The van der Waals surface area contributed by atoms with Crippen LogP contribution in [0, 0.1) is 5.82 Å². The van der Waals surface area contributed by atoms with Crippen molar-refractivity contribution in [2.75, 3.05) is 0 Å². The first kappa shape index (κ1) is 9.52. The molecule has 1 aromatic rings. The molecule has 0 aromatic heterocycles. The van der Waals surface area contributed by atoms with Crippen molar-refractivity contribution in [2.24, 2.45) is 0 Å². The van der Waals surface area contributed by atoms with Crippen LogP contribution in [0.25, 0.3) is 0 Å². The van der Waals surface area contributed by atoms with Crippen LogP contribution in [0.1, 0.15) is 5.56 Å². The first-order valence-electron chi connectivity index (χ1n) is 3.27. The number of hydrogen-bond acceptors (Lipinski definition) is 1. The van der Waals surface area contributed by atoms with Gasteiger partial charge in [0.15, 0.2) is 0 Å². The summed E-state index contributed by atoms with van der Waals surface area (Å²) < 4.78 is 40.5. The quantitative estimate of drug-likeness (QED) is 0.721. The van der Waals surface area contributed by atoms with E-state index in [4.69, 9.17) is 8.19 Å². The fraction of sp³-hybridized carbons (Fsp3) is 0.143. The Labute approximate surface area is 71.8 Å². The first-order valence-corrected chi connectivity index (χ1v) is 7.04. The molecule has 0 saturated carbocycles. The van der Waals surface area contributed by atoms with Gasteiger partial charge in [-0.2, -0.15) is 0 Å². The first-order chi connectivity index (χ1) is 5.49. The summed E-state index contributed by atoms with van der Waals surface area (Å²) in [4.78, 5) is 0. The van der Waals surface area contributed by atoms with Crippen LogP contribution in [-0.2, 0) is 8.95 Å². The Hall–Kier alpha value is -0.572. The van der Waals surface area contributed by atoms with E-state index in [1.54, 1.807) is 6.07 Å². The van der Waals surface area contributed by atoms with E-state index in [2.05, 4.69) is 0 Å². The molecule has 0 spiro atoms. The summed E-state index contributed by atoms with van der Waals surface area (Å²) >= 11 is -4.73. The molecule has 0 radical (unpaired) electrons. The molecule has 0 aliphatic rings. The van der Waals surface area contributed by atoms with Gasteiger partial charge in [-0.15, -0.1) is 0 Å². The second kappa shape index (κ2) is 3.43. The molecule has 1 aromatic carbocycles. The van der Waals surface area contributed by atoms with Crippen LogP contribution in [0.5, 0.6) is 0 Å². The standard InChI is InChI=1S/C7H8AsFO3/c9-7-4-2-1-3-6(7)5-8(10,11)12/h1-4H,5H2,(H2,10,11,12). The molecule has 0 atom stereocenters. The molecule has 0 aliphatic carbocycles. The molecule has 0 aliphatic heterocycles. The van der Waals surface area contributed by atoms with E-state index in [-0.39, 0.29) is 5.56 Å². The average Bonchev–Trinajstić information content (AvgIpc) is 1.91. The molecule has 66 valence electrons. The van der Waals surface area contributed by atoms with Crippen molar-refractivity contribution in [3.05, 3.63) is 35.6 Å². The third-order valence-corrected chi connectivity index (χ3v) is 2.91. The zero-order valence-electron chi connectivity index (χ0n) is 6.14. The van der Waals surface area contributed by atoms with E-state index in [9.17, 15) is 8.13 Å². The normalized spacial score (nSPS) is 11.6. The number of hydrogen-bond donors (Lipinski definition) is 2. The summed E-state index contributed by atoms with van der Waals surface area (Å²) in [6.45, 7) is 0. The molecule has 12 heavy (non-hydrogen) atoms. The third kappa shape index (κ3) is 2.81. The zero-order chi connectivity index (χ0) is 9.19. The SMILES string of the molecule is O=[As](O)(O)Cc1ccccc1F. The molecular weight excluding hydrogens is 226 g/mol. The van der Waals surface area contributed by atoms with Crippen LogP contribution in [0.15, 0.2) is 24.3 Å². The molecule has 0 unspecified atom stereocenters. The van der Waals surface area contributed by atoms with Crippen molar-refractivity contribution < 1.29 is 16.3 Å². The third-order valence-electron chi connectivity index (χ3n) is 1.33. The van der Waals surface area contributed by atoms with Crippen LogP contribution in [0.3, 0.4) is 0 Å². The summed E-state index contributed by atoms with van der Waals surface area (Å²) in [6, 6.07) is 5.58. The van der Waals surface area contributed by atoms with E-state index in [1.165, 1.54) is 18.2 Å². The van der Waals surface area contributed by atoms with Gasteiger partial charge >= 0.3 is 71.3 Å². The van der Waals surface area contributed by atoms with Crippen molar-refractivity contribution in [1.29, 1.82) is 0 Å². The summed E-state index contributed by atoms with van der Waals surface area (Å²) in [5, 5.41) is -0.481. The summed E-state index contributed by atoms with van der Waals surface area (Å²) in [7, 11) is 0. The van der Waals surface area contributed by atoms with Gasteiger partial charge < -0.3 is 0 Å². The van der Waals surface area contributed by atoms with Crippen LogP contribution in [-0.4, -0.2) is 22.4 Å². The maximum absolute atomic E-state index is 12.8. The zero-order valence-corrected chi connectivity index (χ0v) is 8.02. The van der Waals surface area contributed by atoms with Gasteiger partial charge in [0.25, 0.3) is 0 Å². The second-order valence-electron chi connectivity index (χ2n) is 2.41. The van der Waals surface area contributed by atoms with Crippen LogP contribution in [0.2, 0.25) is 0 Å². The molecular formula is C7H8AsFO3. The van der Waals surface area contributed by atoms with Crippen molar-refractivity contribution in [1.82, 2.24) is 0 Å².